The van der Waals surface area contributed by atoms with Gasteiger partial charge in [-0.3, -0.25) is 4.79 Å². The van der Waals surface area contributed by atoms with E-state index in [4.69, 9.17) is 9.15 Å². The Morgan fingerprint density at radius 1 is 1.03 bits per heavy atom. The number of fused-ring (bicyclic) bond motifs is 2. The predicted octanol–water partition coefficient (Wildman–Crippen LogP) is 3.54. The minimum absolute atomic E-state index is 0.102. The number of anilines is 1. The largest absolute Gasteiger partial charge is 0.478 e. The van der Waals surface area contributed by atoms with E-state index in [1.807, 2.05) is 74.1 Å². The van der Waals surface area contributed by atoms with E-state index >= 15 is 0 Å². The van der Waals surface area contributed by atoms with Crippen molar-refractivity contribution in [3.05, 3.63) is 65.5 Å². The van der Waals surface area contributed by atoms with Crippen LogP contribution >= 0.6 is 0 Å². The fourth-order valence-corrected chi connectivity index (χ4v) is 3.76. The lowest BCUT2D eigenvalue weighted by atomic mass is 9.90. The molecule has 1 heterocycles. The molecule has 0 radical (unpaired) electrons. The van der Waals surface area contributed by atoms with Gasteiger partial charge in [-0.05, 0) is 36.4 Å². The van der Waals surface area contributed by atoms with Gasteiger partial charge >= 0.3 is 5.97 Å². The van der Waals surface area contributed by atoms with Gasteiger partial charge in [0.2, 0.25) is 5.36 Å². The van der Waals surface area contributed by atoms with E-state index in [0.29, 0.717) is 28.9 Å². The number of aromatic carboxylic acids is 1. The molecule has 2 aromatic carbocycles. The van der Waals surface area contributed by atoms with E-state index in [0.717, 1.165) is 22.0 Å². The minimum Gasteiger partial charge on any atom is -0.478 e. The Hall–Kier alpha value is -4.13. The molecule has 162 valence electrons. The number of hydrogen-bond acceptors (Lipinski definition) is 5. The lowest BCUT2D eigenvalue weighted by Gasteiger charge is -2.19. The van der Waals surface area contributed by atoms with Crippen molar-refractivity contribution in [2.24, 2.45) is 0 Å². The molecule has 1 N–H and O–H groups in total. The van der Waals surface area contributed by atoms with Crippen LogP contribution in [-0.4, -0.2) is 45.7 Å². The molecule has 0 fully saturated rings. The highest BCUT2D eigenvalue weighted by atomic mass is 16.5. The van der Waals surface area contributed by atoms with E-state index in [9.17, 15) is 14.7 Å². The van der Waals surface area contributed by atoms with E-state index < -0.39 is 5.97 Å². The van der Waals surface area contributed by atoms with Crippen LogP contribution in [0, 0.1) is 0 Å². The molecule has 0 amide bonds. The molecule has 32 heavy (non-hydrogen) atoms. The van der Waals surface area contributed by atoms with Crippen LogP contribution < -0.4 is 19.6 Å². The molecule has 0 saturated heterocycles. The van der Waals surface area contributed by atoms with Gasteiger partial charge in [-0.2, -0.15) is 0 Å². The van der Waals surface area contributed by atoms with Crippen molar-refractivity contribution in [1.82, 2.24) is 4.58 Å². The van der Waals surface area contributed by atoms with Crippen LogP contribution in [0.5, 0.6) is 5.75 Å². The zero-order valence-corrected chi connectivity index (χ0v) is 18.2. The number of carbonyl (C=O) groups is 2. The molecule has 7 heteroatoms. The van der Waals surface area contributed by atoms with E-state index in [-0.39, 0.29) is 11.3 Å². The van der Waals surface area contributed by atoms with Crippen LogP contribution in [0.25, 0.3) is 33.4 Å². The van der Waals surface area contributed by atoms with Gasteiger partial charge in [-0.15, -0.1) is 0 Å². The van der Waals surface area contributed by atoms with Crippen LogP contribution in [0.2, 0.25) is 0 Å². The second-order valence-electron chi connectivity index (χ2n) is 7.85. The standard InChI is InChI=1S/C25H22N2O5/c1-26(2)15-5-8-19-22(11-15)32-23-12-16(27(3)4)6-9-20(23)24(19)21-13-17(31-14-28)7-10-18(21)25(29)30/h5-14H,1-4H3/p+1. The first-order chi connectivity index (χ1) is 15.3. The molecule has 4 rings (SSSR count). The van der Waals surface area contributed by atoms with Gasteiger partial charge in [0.05, 0.1) is 11.6 Å². The maximum atomic E-state index is 12.1. The predicted molar refractivity (Wildman–Crippen MR) is 123 cm³/mol. The summed E-state index contributed by atoms with van der Waals surface area (Å²) in [7, 11) is 7.76. The Morgan fingerprint density at radius 2 is 1.81 bits per heavy atom. The molecule has 1 aliphatic carbocycles. The van der Waals surface area contributed by atoms with Gasteiger partial charge in [-0.1, -0.05) is 0 Å². The molecular weight excluding hydrogens is 408 g/mol. The topological polar surface area (TPSA) is 83.0 Å². The summed E-state index contributed by atoms with van der Waals surface area (Å²) in [5.41, 5.74) is 3.57. The second kappa shape index (κ2) is 8.19. The van der Waals surface area contributed by atoms with Crippen LogP contribution in [0.1, 0.15) is 10.4 Å². The third-order valence-electron chi connectivity index (χ3n) is 5.40. The van der Waals surface area contributed by atoms with Crippen LogP contribution in [-0.2, 0) is 4.79 Å². The van der Waals surface area contributed by atoms with Gasteiger partial charge in [-0.25, -0.2) is 9.37 Å². The second-order valence-corrected chi connectivity index (χ2v) is 7.85. The molecule has 0 aromatic heterocycles. The maximum Gasteiger partial charge on any atom is 0.336 e. The minimum atomic E-state index is -1.07. The zero-order chi connectivity index (χ0) is 23.0. The molecule has 0 saturated carbocycles. The van der Waals surface area contributed by atoms with E-state index in [1.165, 1.54) is 12.1 Å². The number of nitrogens with zero attached hydrogens (tertiary/aromatic N) is 2. The first kappa shape index (κ1) is 21.1. The fraction of sp³-hybridized carbons (Fsp3) is 0.160. The number of carboxylic acid groups (broad SMARTS) is 1. The molecule has 0 spiro atoms. The Bertz CT molecular complexity index is 1400. The van der Waals surface area contributed by atoms with E-state index in [1.54, 1.807) is 6.07 Å². The molecular formula is C25H23N2O5+. The first-order valence-corrected chi connectivity index (χ1v) is 9.96. The molecule has 7 nitrogen and oxygen atoms in total. The summed E-state index contributed by atoms with van der Waals surface area (Å²) in [5.74, 6) is -0.195. The Balaban J connectivity index is 2.18. The summed E-state index contributed by atoms with van der Waals surface area (Å²) in [4.78, 5) is 25.0. The van der Waals surface area contributed by atoms with Crippen molar-refractivity contribution < 1.29 is 23.8 Å². The average Bonchev–Trinajstić information content (AvgIpc) is 2.76. The Morgan fingerprint density at radius 3 is 2.47 bits per heavy atom. The van der Waals surface area contributed by atoms with Gasteiger partial charge in [0.25, 0.3) is 6.47 Å². The lowest BCUT2D eigenvalue weighted by Crippen LogP contribution is -2.21. The summed E-state index contributed by atoms with van der Waals surface area (Å²) in [6.07, 6.45) is 0. The van der Waals surface area contributed by atoms with Crippen molar-refractivity contribution >= 4 is 29.1 Å². The molecule has 0 atom stereocenters. The zero-order valence-electron chi connectivity index (χ0n) is 18.2. The van der Waals surface area contributed by atoms with Crippen molar-refractivity contribution in [2.45, 2.75) is 0 Å². The molecule has 2 aliphatic rings. The third-order valence-corrected chi connectivity index (χ3v) is 5.40. The monoisotopic (exact) mass is 431 g/mol. The lowest BCUT2D eigenvalue weighted by molar-refractivity contribution is -0.120. The highest BCUT2D eigenvalue weighted by Crippen LogP contribution is 2.42. The summed E-state index contributed by atoms with van der Waals surface area (Å²) in [6.45, 7) is 0.322. The fourth-order valence-electron chi connectivity index (χ4n) is 3.76. The molecule has 0 bridgehead atoms. The Labute approximate surface area is 184 Å². The number of benzene rings is 3. The van der Waals surface area contributed by atoms with Gasteiger partial charge in [0.15, 0.2) is 0 Å². The Kier molecular flexibility index (Phi) is 5.40. The molecule has 2 aromatic rings. The van der Waals surface area contributed by atoms with Crippen LogP contribution in [0.4, 0.5) is 5.69 Å². The van der Waals surface area contributed by atoms with Crippen molar-refractivity contribution in [2.75, 3.05) is 33.1 Å². The number of rotatable bonds is 5. The molecule has 1 aliphatic heterocycles. The molecule has 0 unspecified atom stereocenters. The summed E-state index contributed by atoms with van der Waals surface area (Å²) < 4.78 is 13.3. The quantitative estimate of drug-likeness (QED) is 0.296. The summed E-state index contributed by atoms with van der Waals surface area (Å²) >= 11 is 0. The van der Waals surface area contributed by atoms with Gasteiger partial charge in [0, 0.05) is 54.0 Å². The smallest absolute Gasteiger partial charge is 0.336 e. The third kappa shape index (κ3) is 3.69. The SMILES string of the molecule is CN(C)c1ccc2c(-c3cc(OC=O)ccc3C(=O)O)c3ccc(=[N+](C)C)cc-3oc2c1. The normalized spacial score (nSPS) is 10.9. The summed E-state index contributed by atoms with van der Waals surface area (Å²) in [6, 6.07) is 16.1. The van der Waals surface area contributed by atoms with E-state index in [2.05, 4.69) is 0 Å². The van der Waals surface area contributed by atoms with Crippen molar-refractivity contribution in [1.29, 1.82) is 0 Å². The van der Waals surface area contributed by atoms with Gasteiger partial charge in [0.1, 0.15) is 31.2 Å². The number of ether oxygens (including phenoxy) is 1. The van der Waals surface area contributed by atoms with Crippen molar-refractivity contribution in [3.8, 4) is 28.2 Å². The first-order valence-electron chi connectivity index (χ1n) is 9.96. The van der Waals surface area contributed by atoms with Crippen molar-refractivity contribution in [3.63, 3.8) is 0 Å². The van der Waals surface area contributed by atoms with Gasteiger partial charge < -0.3 is 19.2 Å². The van der Waals surface area contributed by atoms with Crippen LogP contribution in [0.15, 0.2) is 59.0 Å². The van der Waals surface area contributed by atoms with Crippen LogP contribution in [0.3, 0.4) is 0 Å². The maximum absolute atomic E-state index is 12.1. The highest BCUT2D eigenvalue weighted by molar-refractivity contribution is 6.08. The summed E-state index contributed by atoms with van der Waals surface area (Å²) in [5, 5.41) is 11.6. The number of carboxylic acids is 1. The number of hydrogen-bond donors (Lipinski definition) is 1. The number of carbonyl (C=O) groups excluding carboxylic acids is 1. The highest BCUT2D eigenvalue weighted by Gasteiger charge is 2.23. The average molecular weight is 431 g/mol.